The van der Waals surface area contributed by atoms with E-state index in [2.05, 4.69) is 20.7 Å². The highest BCUT2D eigenvalue weighted by Crippen LogP contribution is 2.31. The number of hydrogen-bond donors (Lipinski definition) is 2. The molecule has 0 aromatic heterocycles. The summed E-state index contributed by atoms with van der Waals surface area (Å²) >= 11 is 3.02. The highest BCUT2D eigenvalue weighted by Gasteiger charge is 2.30. The fourth-order valence-electron chi connectivity index (χ4n) is 2.79. The zero-order chi connectivity index (χ0) is 16.3. The lowest BCUT2D eigenvalue weighted by atomic mass is 9.85. The number of hydrogen-bond acceptors (Lipinski definition) is 4. The van der Waals surface area contributed by atoms with Crippen molar-refractivity contribution in [3.8, 4) is 5.75 Å². The third kappa shape index (κ3) is 4.79. The van der Waals surface area contributed by atoms with Crippen LogP contribution >= 0.6 is 28.3 Å². The van der Waals surface area contributed by atoms with Crippen molar-refractivity contribution in [1.82, 2.24) is 4.72 Å². The summed E-state index contributed by atoms with van der Waals surface area (Å²) < 4.78 is 46.8. The van der Waals surface area contributed by atoms with E-state index in [9.17, 15) is 12.8 Å². The Morgan fingerprint density at radius 2 is 2.04 bits per heavy atom. The molecule has 0 radical (unpaired) electrons. The van der Waals surface area contributed by atoms with E-state index in [1.54, 1.807) is 0 Å². The fraction of sp³-hybridized carbons (Fsp3) is 0.571. The van der Waals surface area contributed by atoms with Gasteiger partial charge in [-0.25, -0.2) is 17.5 Å². The van der Waals surface area contributed by atoms with Gasteiger partial charge in [-0.15, -0.1) is 12.4 Å². The van der Waals surface area contributed by atoms with Gasteiger partial charge in [-0.2, -0.15) is 0 Å². The van der Waals surface area contributed by atoms with Crippen molar-refractivity contribution in [2.24, 2.45) is 11.7 Å². The standard InChI is InChI=1S/C14H20BrFN2O3S.ClH/c1-21-13-6-10(15)11(16)7-14(13)22(19,20)18-12-5-3-2-4-9(12)8-17;/h6-7,9,12,18H,2-5,8,17H2,1H3;1H. The topological polar surface area (TPSA) is 81.4 Å². The molecule has 0 bridgehead atoms. The third-order valence-corrected chi connectivity index (χ3v) is 6.13. The predicted octanol–water partition coefficient (Wildman–Crippen LogP) is 2.81. The molecule has 23 heavy (non-hydrogen) atoms. The molecule has 9 heteroatoms. The van der Waals surface area contributed by atoms with E-state index in [-0.39, 0.29) is 39.5 Å². The van der Waals surface area contributed by atoms with Gasteiger partial charge in [0.15, 0.2) is 0 Å². The smallest absolute Gasteiger partial charge is 0.244 e. The quantitative estimate of drug-likeness (QED) is 0.751. The zero-order valence-corrected chi connectivity index (χ0v) is 15.9. The number of halogens is 3. The number of rotatable bonds is 5. The minimum absolute atomic E-state index is 0. The largest absolute Gasteiger partial charge is 0.495 e. The minimum Gasteiger partial charge on any atom is -0.495 e. The maximum absolute atomic E-state index is 13.7. The van der Waals surface area contributed by atoms with Crippen LogP contribution in [0, 0.1) is 11.7 Å². The number of methoxy groups -OCH3 is 1. The Balaban J connectivity index is 0.00000264. The van der Waals surface area contributed by atoms with E-state index in [0.29, 0.717) is 6.54 Å². The van der Waals surface area contributed by atoms with Crippen molar-refractivity contribution in [2.75, 3.05) is 13.7 Å². The normalized spacial score (nSPS) is 21.6. The number of nitrogens with one attached hydrogen (secondary N) is 1. The predicted molar refractivity (Wildman–Crippen MR) is 93.0 cm³/mol. The second-order valence-corrected chi connectivity index (χ2v) is 7.96. The monoisotopic (exact) mass is 430 g/mol. The molecule has 1 aromatic rings. The van der Waals surface area contributed by atoms with Crippen LogP contribution in [-0.2, 0) is 10.0 Å². The maximum Gasteiger partial charge on any atom is 0.244 e. The maximum atomic E-state index is 13.7. The van der Waals surface area contributed by atoms with Crippen molar-refractivity contribution in [2.45, 2.75) is 36.6 Å². The van der Waals surface area contributed by atoms with Crippen molar-refractivity contribution < 1.29 is 17.5 Å². The van der Waals surface area contributed by atoms with Crippen LogP contribution in [0.3, 0.4) is 0 Å². The molecule has 0 amide bonds. The van der Waals surface area contributed by atoms with Gasteiger partial charge >= 0.3 is 0 Å². The van der Waals surface area contributed by atoms with Crippen molar-refractivity contribution in [3.05, 3.63) is 22.4 Å². The van der Waals surface area contributed by atoms with E-state index in [0.717, 1.165) is 31.7 Å². The van der Waals surface area contributed by atoms with Crippen LogP contribution < -0.4 is 15.2 Å². The Kier molecular flexibility index (Phi) is 7.73. The molecule has 0 spiro atoms. The van der Waals surface area contributed by atoms with Gasteiger partial charge in [-0.05, 0) is 53.4 Å². The molecule has 0 aliphatic heterocycles. The molecular formula is C14H21BrClFN2O3S. The summed E-state index contributed by atoms with van der Waals surface area (Å²) in [5.74, 6) is -0.448. The van der Waals surface area contributed by atoms with Crippen LogP contribution in [-0.4, -0.2) is 28.1 Å². The summed E-state index contributed by atoms with van der Waals surface area (Å²) in [6.45, 7) is 0.430. The molecule has 5 nitrogen and oxygen atoms in total. The second kappa shape index (κ2) is 8.62. The lowest BCUT2D eigenvalue weighted by molar-refractivity contribution is 0.295. The molecule has 0 heterocycles. The van der Waals surface area contributed by atoms with Crippen LogP contribution in [0.25, 0.3) is 0 Å². The number of nitrogens with two attached hydrogens (primary N) is 1. The first-order valence-electron chi connectivity index (χ1n) is 7.14. The van der Waals surface area contributed by atoms with E-state index in [1.165, 1.54) is 13.2 Å². The van der Waals surface area contributed by atoms with Crippen LogP contribution in [0.1, 0.15) is 25.7 Å². The Morgan fingerprint density at radius 3 is 2.65 bits per heavy atom. The van der Waals surface area contributed by atoms with Crippen LogP contribution in [0.15, 0.2) is 21.5 Å². The van der Waals surface area contributed by atoms with Crippen molar-refractivity contribution >= 4 is 38.4 Å². The molecule has 2 rings (SSSR count). The van der Waals surface area contributed by atoms with E-state index < -0.39 is 15.8 Å². The Bertz CT molecular complexity index is 645. The minimum atomic E-state index is -3.88. The lowest BCUT2D eigenvalue weighted by Gasteiger charge is -2.31. The van der Waals surface area contributed by atoms with Gasteiger partial charge in [-0.1, -0.05) is 12.8 Å². The molecule has 2 unspecified atom stereocenters. The fourth-order valence-corrected chi connectivity index (χ4v) is 4.61. The molecule has 1 aliphatic rings. The van der Waals surface area contributed by atoms with Crippen LogP contribution in [0.2, 0.25) is 0 Å². The van der Waals surface area contributed by atoms with Gasteiger partial charge in [0.05, 0.1) is 11.6 Å². The first-order chi connectivity index (χ1) is 10.4. The molecule has 3 N–H and O–H groups in total. The van der Waals surface area contributed by atoms with Gasteiger partial charge in [-0.3, -0.25) is 0 Å². The summed E-state index contributed by atoms with van der Waals surface area (Å²) in [5, 5.41) is 0. The molecule has 2 atom stereocenters. The van der Waals surface area contributed by atoms with E-state index >= 15 is 0 Å². The third-order valence-electron chi connectivity index (χ3n) is 4.01. The first kappa shape index (κ1) is 20.6. The summed E-state index contributed by atoms with van der Waals surface area (Å²) in [6, 6.07) is 2.05. The van der Waals surface area contributed by atoms with Gasteiger partial charge in [0, 0.05) is 6.04 Å². The SMILES string of the molecule is COc1cc(Br)c(F)cc1S(=O)(=O)NC1CCCCC1CN.Cl. The molecule has 1 fully saturated rings. The highest BCUT2D eigenvalue weighted by atomic mass is 79.9. The van der Waals surface area contributed by atoms with E-state index in [1.807, 2.05) is 0 Å². The molecule has 1 aliphatic carbocycles. The summed E-state index contributed by atoms with van der Waals surface area (Å²) in [6.07, 6.45) is 3.64. The highest BCUT2D eigenvalue weighted by molar-refractivity contribution is 9.10. The van der Waals surface area contributed by atoms with Crippen molar-refractivity contribution in [1.29, 1.82) is 0 Å². The molecule has 1 saturated carbocycles. The van der Waals surface area contributed by atoms with Crippen molar-refractivity contribution in [3.63, 3.8) is 0 Å². The van der Waals surface area contributed by atoms with Gasteiger partial charge in [0.1, 0.15) is 16.5 Å². The average molecular weight is 432 g/mol. The zero-order valence-electron chi connectivity index (χ0n) is 12.7. The van der Waals surface area contributed by atoms with Crippen LogP contribution in [0.5, 0.6) is 5.75 Å². The van der Waals surface area contributed by atoms with E-state index in [4.69, 9.17) is 10.5 Å². The van der Waals surface area contributed by atoms with Gasteiger partial charge in [0.25, 0.3) is 0 Å². The first-order valence-corrected chi connectivity index (χ1v) is 9.42. The average Bonchev–Trinajstić information content (AvgIpc) is 2.49. The summed E-state index contributed by atoms with van der Waals surface area (Å²) in [7, 11) is -2.53. The number of ether oxygens (including phenoxy) is 1. The summed E-state index contributed by atoms with van der Waals surface area (Å²) in [5.41, 5.74) is 5.73. The lowest BCUT2D eigenvalue weighted by Crippen LogP contribution is -2.44. The number of benzene rings is 1. The molecule has 132 valence electrons. The Hall–Kier alpha value is -0.410. The Morgan fingerprint density at radius 1 is 1.39 bits per heavy atom. The van der Waals surface area contributed by atoms with Crippen LogP contribution in [0.4, 0.5) is 4.39 Å². The number of sulfonamides is 1. The molecular weight excluding hydrogens is 411 g/mol. The van der Waals surface area contributed by atoms with Gasteiger partial charge in [0.2, 0.25) is 10.0 Å². The summed E-state index contributed by atoms with van der Waals surface area (Å²) in [4.78, 5) is -0.197. The van der Waals surface area contributed by atoms with Gasteiger partial charge < -0.3 is 10.5 Å². The molecule has 0 saturated heterocycles. The Labute approximate surface area is 150 Å². The molecule has 1 aromatic carbocycles. The second-order valence-electron chi connectivity index (χ2n) is 5.43.